The van der Waals surface area contributed by atoms with Crippen molar-refractivity contribution in [1.29, 1.82) is 0 Å². The zero-order valence-electron chi connectivity index (χ0n) is 13.9. The zero-order valence-corrected chi connectivity index (χ0v) is 15.5. The summed E-state index contributed by atoms with van der Waals surface area (Å²) >= 11 is 1.04. The average molecular weight is 401 g/mol. The van der Waals surface area contributed by atoms with Crippen molar-refractivity contribution in [3.8, 4) is 6.01 Å². The van der Waals surface area contributed by atoms with E-state index in [1.165, 1.54) is 25.3 Å². The van der Waals surface area contributed by atoms with Gasteiger partial charge < -0.3 is 4.74 Å². The molecule has 26 heavy (non-hydrogen) atoms. The Bertz CT molecular complexity index is 895. The maximum absolute atomic E-state index is 12.4. The summed E-state index contributed by atoms with van der Waals surface area (Å²) in [6.07, 6.45) is 0. The molecule has 1 aromatic carbocycles. The molecule has 0 aliphatic rings. The molecule has 0 unspecified atom stereocenters. The van der Waals surface area contributed by atoms with E-state index < -0.39 is 22.7 Å². The van der Waals surface area contributed by atoms with Crippen LogP contribution >= 0.6 is 11.8 Å². The number of hydrogen-bond acceptors (Lipinski definition) is 8. The number of anilines is 1. The molecular formula is C14H16FN5O4S2. The molecule has 12 heteroatoms. The smallest absolute Gasteiger partial charge is 0.335 e. The summed E-state index contributed by atoms with van der Waals surface area (Å²) in [7, 11) is -2.83. The van der Waals surface area contributed by atoms with Crippen LogP contribution < -0.4 is 14.8 Å². The summed E-state index contributed by atoms with van der Waals surface area (Å²) in [6.45, 7) is 0.954. The number of thioether (sulfide) groups is 1. The van der Waals surface area contributed by atoms with E-state index in [1.54, 1.807) is 13.0 Å². The van der Waals surface area contributed by atoms with E-state index in [1.807, 2.05) is 4.72 Å². The highest BCUT2D eigenvalue weighted by atomic mass is 32.2. The van der Waals surface area contributed by atoms with Crippen molar-refractivity contribution in [3.05, 3.63) is 30.1 Å². The first-order valence-electron chi connectivity index (χ1n) is 7.24. The molecule has 0 saturated carbocycles. The largest absolute Gasteiger partial charge is 0.467 e. The van der Waals surface area contributed by atoms with Crippen LogP contribution in [0.15, 0.2) is 34.1 Å². The number of aryl methyl sites for hydroxylation is 1. The fraction of sp³-hybridized carbons (Fsp3) is 0.286. The monoisotopic (exact) mass is 401 g/mol. The maximum Gasteiger partial charge on any atom is 0.335 e. The van der Waals surface area contributed by atoms with E-state index in [9.17, 15) is 17.6 Å². The zero-order chi connectivity index (χ0) is 19.2. The Morgan fingerprint density at radius 3 is 2.69 bits per heavy atom. The van der Waals surface area contributed by atoms with Crippen LogP contribution in [0.25, 0.3) is 0 Å². The first-order valence-corrected chi connectivity index (χ1v) is 9.71. The molecule has 2 N–H and O–H groups in total. The van der Waals surface area contributed by atoms with Gasteiger partial charge in [-0.2, -0.15) is 15.0 Å². The number of methoxy groups -OCH3 is 1. The number of sulfonamides is 1. The Hall–Kier alpha value is -2.47. The molecule has 2 amide bonds. The van der Waals surface area contributed by atoms with Gasteiger partial charge in [0.1, 0.15) is 10.7 Å². The molecule has 0 spiro atoms. The molecule has 9 nitrogen and oxygen atoms in total. The second kappa shape index (κ2) is 8.76. The minimum Gasteiger partial charge on any atom is -0.467 e. The minimum atomic E-state index is -4.17. The van der Waals surface area contributed by atoms with Gasteiger partial charge in [0.05, 0.1) is 13.8 Å². The number of benzene rings is 1. The van der Waals surface area contributed by atoms with Crippen molar-refractivity contribution < 1.29 is 22.3 Å². The van der Waals surface area contributed by atoms with Crippen LogP contribution in [0.4, 0.5) is 15.1 Å². The molecule has 2 rings (SSSR count). The van der Waals surface area contributed by atoms with Gasteiger partial charge in [-0.05, 0) is 19.1 Å². The number of urea groups is 1. The van der Waals surface area contributed by atoms with E-state index in [4.69, 9.17) is 4.74 Å². The molecule has 1 heterocycles. The molecule has 0 bridgehead atoms. The van der Waals surface area contributed by atoms with Crippen molar-refractivity contribution in [1.82, 2.24) is 19.7 Å². The first kappa shape index (κ1) is 19.8. The van der Waals surface area contributed by atoms with Gasteiger partial charge in [0.15, 0.2) is 0 Å². The molecule has 0 atom stereocenters. The number of carbonyl (C=O) groups excluding carboxylic acids is 1. The Morgan fingerprint density at radius 1 is 1.27 bits per heavy atom. The van der Waals surface area contributed by atoms with Crippen molar-refractivity contribution in [3.63, 3.8) is 0 Å². The van der Waals surface area contributed by atoms with Gasteiger partial charge in [0.25, 0.3) is 10.0 Å². The quantitative estimate of drug-likeness (QED) is 0.673. The number of nitrogens with one attached hydrogen (secondary N) is 2. The van der Waals surface area contributed by atoms with E-state index in [0.29, 0.717) is 4.90 Å². The molecule has 0 aliphatic heterocycles. The number of nitrogens with zero attached hydrogens (tertiary/aromatic N) is 3. The molecule has 2 aromatic rings. The number of alkyl halides is 1. The summed E-state index contributed by atoms with van der Waals surface area (Å²) < 4.78 is 44.0. The summed E-state index contributed by atoms with van der Waals surface area (Å²) in [5, 5.41) is 2.21. The van der Waals surface area contributed by atoms with Crippen LogP contribution in [0.2, 0.25) is 0 Å². The number of amides is 2. The van der Waals surface area contributed by atoms with Gasteiger partial charge in [-0.1, -0.05) is 12.1 Å². The van der Waals surface area contributed by atoms with Gasteiger partial charge in [-0.3, -0.25) is 9.71 Å². The minimum absolute atomic E-state index is 0.0244. The molecule has 140 valence electrons. The van der Waals surface area contributed by atoms with Crippen LogP contribution in [0.5, 0.6) is 6.01 Å². The Kier molecular flexibility index (Phi) is 6.69. The maximum atomic E-state index is 12.4. The van der Waals surface area contributed by atoms with Crippen molar-refractivity contribution in [2.24, 2.45) is 0 Å². The van der Waals surface area contributed by atoms with Crippen LogP contribution in [0.1, 0.15) is 5.82 Å². The first-order chi connectivity index (χ1) is 12.4. The summed E-state index contributed by atoms with van der Waals surface area (Å²) in [6, 6.07) is 4.91. The van der Waals surface area contributed by atoms with Crippen LogP contribution in [0, 0.1) is 6.92 Å². The van der Waals surface area contributed by atoms with Crippen molar-refractivity contribution in [2.45, 2.75) is 16.7 Å². The Balaban J connectivity index is 2.17. The average Bonchev–Trinajstić information content (AvgIpc) is 2.59. The Labute approximate surface area is 153 Å². The second-order valence-electron chi connectivity index (χ2n) is 4.74. The van der Waals surface area contributed by atoms with Gasteiger partial charge in [-0.15, -0.1) is 11.8 Å². The summed E-state index contributed by atoms with van der Waals surface area (Å²) in [4.78, 5) is 23.8. The second-order valence-corrected chi connectivity index (χ2v) is 7.52. The molecule has 0 aliphatic carbocycles. The third-order valence-corrected chi connectivity index (χ3v) is 5.38. The fourth-order valence-corrected chi connectivity index (χ4v) is 4.03. The van der Waals surface area contributed by atoms with E-state index >= 15 is 0 Å². The highest BCUT2D eigenvalue weighted by Crippen LogP contribution is 2.26. The standard InChI is InChI=1S/C14H16FN5O4S2/c1-9-16-12(19-14(17-9)24-2)18-13(21)20-26(22,23)11-6-4-3-5-10(11)25-8-7-15/h3-6H,7-8H2,1-2H3,(H2,16,17,18,19,20,21). The Morgan fingerprint density at radius 2 is 2.00 bits per heavy atom. The number of carbonyl (C=O) groups is 1. The van der Waals surface area contributed by atoms with Gasteiger partial charge in [0, 0.05) is 10.6 Å². The van der Waals surface area contributed by atoms with Crippen LogP contribution in [-0.4, -0.2) is 48.9 Å². The van der Waals surface area contributed by atoms with Crippen molar-refractivity contribution >= 4 is 33.8 Å². The van der Waals surface area contributed by atoms with Gasteiger partial charge in [0.2, 0.25) is 5.95 Å². The number of hydrogen-bond donors (Lipinski definition) is 2. The fourth-order valence-electron chi connectivity index (χ4n) is 1.85. The lowest BCUT2D eigenvalue weighted by Gasteiger charge is -2.11. The summed E-state index contributed by atoms with van der Waals surface area (Å²) in [5.41, 5.74) is 0. The molecule has 0 radical (unpaired) electrons. The third kappa shape index (κ3) is 5.26. The van der Waals surface area contributed by atoms with Crippen LogP contribution in [0.3, 0.4) is 0 Å². The highest BCUT2D eigenvalue weighted by molar-refractivity contribution is 8.00. The predicted octanol–water partition coefficient (Wildman–Crippen LogP) is 1.76. The predicted molar refractivity (Wildman–Crippen MR) is 93.6 cm³/mol. The number of rotatable bonds is 7. The molecule has 0 saturated heterocycles. The lowest BCUT2D eigenvalue weighted by molar-refractivity contribution is 0.256. The van der Waals surface area contributed by atoms with Gasteiger partial charge >= 0.3 is 12.0 Å². The third-order valence-electron chi connectivity index (χ3n) is 2.84. The van der Waals surface area contributed by atoms with E-state index in [0.717, 1.165) is 11.8 Å². The van der Waals surface area contributed by atoms with E-state index in [2.05, 4.69) is 20.3 Å². The SMILES string of the molecule is COc1nc(C)nc(NC(=O)NS(=O)(=O)c2ccccc2SCCF)n1. The lowest BCUT2D eigenvalue weighted by atomic mass is 10.4. The molecule has 0 fully saturated rings. The molecular weight excluding hydrogens is 385 g/mol. The summed E-state index contributed by atoms with van der Waals surface area (Å²) in [5.74, 6) is 0.216. The van der Waals surface area contributed by atoms with Gasteiger partial charge in [-0.25, -0.2) is 17.9 Å². The van der Waals surface area contributed by atoms with Crippen LogP contribution in [-0.2, 0) is 10.0 Å². The normalized spacial score (nSPS) is 11.0. The highest BCUT2D eigenvalue weighted by Gasteiger charge is 2.22. The lowest BCUT2D eigenvalue weighted by Crippen LogP contribution is -2.35. The number of halogens is 1. The molecule has 1 aromatic heterocycles. The number of aromatic nitrogens is 3. The topological polar surface area (TPSA) is 123 Å². The number of ether oxygens (including phenoxy) is 1. The van der Waals surface area contributed by atoms with E-state index in [-0.39, 0.29) is 28.4 Å². The van der Waals surface area contributed by atoms with Crippen molar-refractivity contribution in [2.75, 3.05) is 24.9 Å².